The molecule has 0 aliphatic carbocycles. The van der Waals surface area contributed by atoms with Gasteiger partial charge in [-0.25, -0.2) is 4.68 Å². The maximum absolute atomic E-state index is 13.5. The highest BCUT2D eigenvalue weighted by molar-refractivity contribution is 7.98. The van der Waals surface area contributed by atoms with Gasteiger partial charge in [-0.1, -0.05) is 36.0 Å². The molecule has 2 aromatic carbocycles. The number of hydrogen-bond donors (Lipinski definition) is 2. The number of nitro benzene ring substituents is 1. The highest BCUT2D eigenvalue weighted by Crippen LogP contribution is 2.38. The molecule has 1 aliphatic rings. The third-order valence-corrected chi connectivity index (χ3v) is 6.83. The fraction of sp³-hybridized carbons (Fsp3) is 0.154. The number of amides is 1. The van der Waals surface area contributed by atoms with Crippen LogP contribution >= 0.6 is 11.8 Å². The zero-order chi connectivity index (χ0) is 26.6. The number of carbonyl (C=O) groups excluding carboxylic acids is 1. The Morgan fingerprint density at radius 3 is 2.74 bits per heavy atom. The van der Waals surface area contributed by atoms with Crippen molar-refractivity contribution in [1.29, 1.82) is 0 Å². The van der Waals surface area contributed by atoms with Crippen LogP contribution in [0.15, 0.2) is 89.5 Å². The van der Waals surface area contributed by atoms with E-state index in [0.29, 0.717) is 39.6 Å². The Morgan fingerprint density at radius 2 is 2.03 bits per heavy atom. The van der Waals surface area contributed by atoms with E-state index >= 15 is 0 Å². The van der Waals surface area contributed by atoms with Crippen LogP contribution in [0.4, 0.5) is 17.3 Å². The highest BCUT2D eigenvalue weighted by Gasteiger charge is 2.34. The second kappa shape index (κ2) is 10.7. The fourth-order valence-corrected chi connectivity index (χ4v) is 4.89. The van der Waals surface area contributed by atoms with Crippen molar-refractivity contribution < 1.29 is 14.5 Å². The van der Waals surface area contributed by atoms with Gasteiger partial charge in [-0.3, -0.25) is 19.9 Å². The highest BCUT2D eigenvalue weighted by atomic mass is 32.2. The molecule has 5 rings (SSSR count). The van der Waals surface area contributed by atoms with Gasteiger partial charge in [0.15, 0.2) is 0 Å². The summed E-state index contributed by atoms with van der Waals surface area (Å²) in [7, 11) is 1.59. The molecule has 1 atom stereocenters. The second-order valence-electron chi connectivity index (χ2n) is 8.41. The molecule has 0 bridgehead atoms. The smallest absolute Gasteiger partial charge is 0.269 e. The number of nitrogens with zero attached hydrogens (tertiary/aromatic N) is 5. The fourth-order valence-electron chi connectivity index (χ4n) is 4.10. The minimum absolute atomic E-state index is 0.0401. The first kappa shape index (κ1) is 25.0. The van der Waals surface area contributed by atoms with Crippen molar-refractivity contribution in [3.63, 3.8) is 0 Å². The quantitative estimate of drug-likeness (QED) is 0.187. The van der Waals surface area contributed by atoms with Crippen molar-refractivity contribution in [3.8, 4) is 5.75 Å². The molecule has 0 fully saturated rings. The Morgan fingerprint density at radius 1 is 1.21 bits per heavy atom. The number of ether oxygens (including phenoxy) is 1. The first-order chi connectivity index (χ1) is 18.4. The largest absolute Gasteiger partial charge is 0.497 e. The third-order valence-electron chi connectivity index (χ3n) is 5.92. The van der Waals surface area contributed by atoms with E-state index in [2.05, 4.69) is 20.6 Å². The molecule has 1 unspecified atom stereocenters. The maximum Gasteiger partial charge on any atom is 0.269 e. The van der Waals surface area contributed by atoms with Crippen molar-refractivity contribution in [1.82, 2.24) is 19.7 Å². The van der Waals surface area contributed by atoms with Crippen LogP contribution in [0.3, 0.4) is 0 Å². The third kappa shape index (κ3) is 5.20. The van der Waals surface area contributed by atoms with Crippen LogP contribution in [0, 0.1) is 10.1 Å². The average molecular weight is 530 g/mol. The zero-order valence-corrected chi connectivity index (χ0v) is 21.3. The molecule has 12 heteroatoms. The van der Waals surface area contributed by atoms with Gasteiger partial charge in [-0.05, 0) is 42.3 Å². The topological polar surface area (TPSA) is 137 Å². The van der Waals surface area contributed by atoms with E-state index < -0.39 is 11.0 Å². The monoisotopic (exact) mass is 529 g/mol. The van der Waals surface area contributed by atoms with Gasteiger partial charge in [0.2, 0.25) is 11.1 Å². The first-order valence-electron chi connectivity index (χ1n) is 11.6. The van der Waals surface area contributed by atoms with Crippen molar-refractivity contribution in [3.05, 3.63) is 106 Å². The molecule has 0 radical (unpaired) electrons. The number of carbonyl (C=O) groups is 1. The maximum atomic E-state index is 13.5. The molecule has 1 amide bonds. The van der Waals surface area contributed by atoms with Crippen LogP contribution in [0.1, 0.15) is 24.1 Å². The summed E-state index contributed by atoms with van der Waals surface area (Å²) in [6.07, 6.45) is 3.22. The van der Waals surface area contributed by atoms with E-state index in [1.807, 2.05) is 31.2 Å². The van der Waals surface area contributed by atoms with Gasteiger partial charge >= 0.3 is 0 Å². The number of anilines is 2. The second-order valence-corrected chi connectivity index (χ2v) is 9.36. The van der Waals surface area contributed by atoms with Crippen molar-refractivity contribution in [2.24, 2.45) is 0 Å². The minimum atomic E-state index is -0.570. The van der Waals surface area contributed by atoms with Crippen molar-refractivity contribution in [2.45, 2.75) is 23.9 Å². The minimum Gasteiger partial charge on any atom is -0.497 e. The van der Waals surface area contributed by atoms with Crippen LogP contribution in [0.25, 0.3) is 0 Å². The molecule has 2 N–H and O–H groups in total. The number of aromatic nitrogens is 4. The Balaban J connectivity index is 1.46. The summed E-state index contributed by atoms with van der Waals surface area (Å²) >= 11 is 1.39. The molecule has 0 saturated heterocycles. The number of non-ortho nitro benzene ring substituents is 1. The number of nitrogens with one attached hydrogen (secondary N) is 2. The van der Waals surface area contributed by atoms with E-state index in [0.717, 1.165) is 11.1 Å². The normalized spacial score (nSPS) is 14.4. The summed E-state index contributed by atoms with van der Waals surface area (Å²) in [5, 5.41) is 22.3. The summed E-state index contributed by atoms with van der Waals surface area (Å²) < 4.78 is 7.13. The number of allylic oxidation sites excluding steroid dienone is 1. The molecule has 1 aliphatic heterocycles. The number of fused-ring (bicyclic) bond motifs is 1. The first-order valence-corrected chi connectivity index (χ1v) is 12.6. The van der Waals surface area contributed by atoms with E-state index in [4.69, 9.17) is 9.84 Å². The molecule has 4 aromatic rings. The predicted molar refractivity (Wildman–Crippen MR) is 143 cm³/mol. The van der Waals surface area contributed by atoms with E-state index in [1.165, 1.54) is 23.9 Å². The number of methoxy groups -OCH3 is 1. The molecule has 192 valence electrons. The lowest BCUT2D eigenvalue weighted by molar-refractivity contribution is -0.384. The Bertz CT molecular complexity index is 1520. The summed E-state index contributed by atoms with van der Waals surface area (Å²) in [4.78, 5) is 32.8. The Hall–Kier alpha value is -4.71. The summed E-state index contributed by atoms with van der Waals surface area (Å²) in [6, 6.07) is 16.8. The van der Waals surface area contributed by atoms with Gasteiger partial charge in [0.25, 0.3) is 11.6 Å². The molecule has 3 heterocycles. The lowest BCUT2D eigenvalue weighted by Crippen LogP contribution is -2.31. The number of rotatable bonds is 8. The number of benzene rings is 2. The molecule has 11 nitrogen and oxygen atoms in total. The summed E-state index contributed by atoms with van der Waals surface area (Å²) in [5.74, 6) is 1.38. The standard InChI is InChI=1S/C26H23N7O4S/c1-16-22(24(34)29-19-6-4-12-27-14-19)23(18-5-3-7-21(13-18)37-2)32-25(28-16)30-26(31-32)38-15-17-8-10-20(11-9-17)33(35)36/h3-14,23H,15H2,1-2H3,(H,29,34)(H,28,30,31). The van der Waals surface area contributed by atoms with Gasteiger partial charge < -0.3 is 15.4 Å². The zero-order valence-electron chi connectivity index (χ0n) is 20.5. The Labute approximate surface area is 222 Å². The van der Waals surface area contributed by atoms with E-state index in [-0.39, 0.29) is 11.6 Å². The molecule has 38 heavy (non-hydrogen) atoms. The molecule has 2 aromatic heterocycles. The number of thioether (sulfide) groups is 1. The van der Waals surface area contributed by atoms with Crippen LogP contribution in [-0.4, -0.2) is 37.7 Å². The van der Waals surface area contributed by atoms with Gasteiger partial charge in [-0.15, -0.1) is 5.10 Å². The van der Waals surface area contributed by atoms with Crippen LogP contribution in [0.5, 0.6) is 5.75 Å². The SMILES string of the molecule is COc1cccc(C2C(C(=O)Nc3cccnc3)=C(C)Nc3nc(SCc4ccc([N+](=O)[O-])cc4)nn32)c1. The average Bonchev–Trinajstić information content (AvgIpc) is 3.34. The van der Waals surface area contributed by atoms with Crippen molar-refractivity contribution in [2.75, 3.05) is 17.7 Å². The summed E-state index contributed by atoms with van der Waals surface area (Å²) in [6.45, 7) is 1.83. The van der Waals surface area contributed by atoms with Gasteiger partial charge in [0.05, 0.1) is 29.5 Å². The lowest BCUT2D eigenvalue weighted by Gasteiger charge is -2.28. The van der Waals surface area contributed by atoms with Gasteiger partial charge in [0, 0.05) is 29.8 Å². The van der Waals surface area contributed by atoms with Crippen LogP contribution < -0.4 is 15.4 Å². The number of pyridine rings is 1. The molecule has 0 spiro atoms. The van der Waals surface area contributed by atoms with Gasteiger partial charge in [-0.2, -0.15) is 4.98 Å². The van der Waals surface area contributed by atoms with Crippen LogP contribution in [-0.2, 0) is 10.5 Å². The number of hydrogen-bond acceptors (Lipinski definition) is 9. The molecular formula is C26H23N7O4S. The molecule has 0 saturated carbocycles. The lowest BCUT2D eigenvalue weighted by atomic mass is 9.95. The Kier molecular flexibility index (Phi) is 7.05. The van der Waals surface area contributed by atoms with Crippen molar-refractivity contribution >= 4 is 35.0 Å². The summed E-state index contributed by atoms with van der Waals surface area (Å²) in [5.41, 5.74) is 3.44. The van der Waals surface area contributed by atoms with Gasteiger partial charge in [0.1, 0.15) is 11.8 Å². The molecular weight excluding hydrogens is 506 g/mol. The van der Waals surface area contributed by atoms with E-state index in [1.54, 1.807) is 48.5 Å². The predicted octanol–water partition coefficient (Wildman–Crippen LogP) is 4.81. The van der Waals surface area contributed by atoms with Crippen LogP contribution in [0.2, 0.25) is 0 Å². The van der Waals surface area contributed by atoms with E-state index in [9.17, 15) is 14.9 Å². The number of nitro groups is 1.